The van der Waals surface area contributed by atoms with Gasteiger partial charge in [0, 0.05) is 32.4 Å². The number of aromatic nitrogens is 1. The highest BCUT2D eigenvalue weighted by molar-refractivity contribution is 5.39. The molecule has 0 aromatic carbocycles. The third-order valence-electron chi connectivity index (χ3n) is 3.21. The highest BCUT2D eigenvalue weighted by Gasteiger charge is 2.19. The highest BCUT2D eigenvalue weighted by atomic mass is 16.5. The van der Waals surface area contributed by atoms with Gasteiger partial charge in [-0.3, -0.25) is 0 Å². The molecule has 0 bridgehead atoms. The van der Waals surface area contributed by atoms with Crippen molar-refractivity contribution in [3.05, 3.63) is 23.9 Å². The molecule has 1 aromatic heterocycles. The van der Waals surface area contributed by atoms with Crippen LogP contribution in [0.15, 0.2) is 18.3 Å². The molecule has 0 unspecified atom stereocenters. The molecule has 0 amide bonds. The van der Waals surface area contributed by atoms with Crippen LogP contribution in [0.1, 0.15) is 25.3 Å². The molecule has 1 aliphatic rings. The van der Waals surface area contributed by atoms with Crippen molar-refractivity contribution >= 4 is 5.82 Å². The molecule has 2 N–H and O–H groups in total. The summed E-state index contributed by atoms with van der Waals surface area (Å²) in [5.74, 6) is 1.05. The van der Waals surface area contributed by atoms with Crippen molar-refractivity contribution in [2.24, 2.45) is 5.73 Å². The second kappa shape index (κ2) is 5.98. The molecule has 2 rings (SSSR count). The fraction of sp³-hybridized carbons (Fsp3) is 0.615. The Labute approximate surface area is 103 Å². The summed E-state index contributed by atoms with van der Waals surface area (Å²) < 4.78 is 5.64. The van der Waals surface area contributed by atoms with Crippen molar-refractivity contribution in [3.63, 3.8) is 0 Å². The molecule has 1 aliphatic heterocycles. The van der Waals surface area contributed by atoms with Gasteiger partial charge in [-0.25, -0.2) is 4.98 Å². The van der Waals surface area contributed by atoms with Crippen LogP contribution >= 0.6 is 0 Å². The van der Waals surface area contributed by atoms with Crippen LogP contribution in [0.4, 0.5) is 5.82 Å². The monoisotopic (exact) mass is 235 g/mol. The summed E-state index contributed by atoms with van der Waals surface area (Å²) in [6, 6.07) is 4.11. The first-order valence-electron chi connectivity index (χ1n) is 6.35. The van der Waals surface area contributed by atoms with Gasteiger partial charge < -0.3 is 15.4 Å². The third kappa shape index (κ3) is 3.17. The minimum Gasteiger partial charge on any atom is -0.378 e. The van der Waals surface area contributed by atoms with Crippen molar-refractivity contribution in [2.45, 2.75) is 32.4 Å². The molecular weight excluding hydrogens is 214 g/mol. The Kier molecular flexibility index (Phi) is 4.34. The first-order valence-corrected chi connectivity index (χ1v) is 6.35. The van der Waals surface area contributed by atoms with E-state index in [-0.39, 0.29) is 0 Å². The number of hydrogen-bond donors (Lipinski definition) is 1. The lowest BCUT2D eigenvalue weighted by Crippen LogP contribution is -2.37. The van der Waals surface area contributed by atoms with Crippen LogP contribution in [0, 0.1) is 0 Å². The lowest BCUT2D eigenvalue weighted by molar-refractivity contribution is 0.0458. The SMILES string of the molecule is CCOC1CCN(c2ccc(CN)cn2)CC1. The number of anilines is 1. The van der Waals surface area contributed by atoms with Crippen molar-refractivity contribution in [1.82, 2.24) is 4.98 Å². The Morgan fingerprint density at radius 2 is 2.18 bits per heavy atom. The number of hydrogen-bond acceptors (Lipinski definition) is 4. The van der Waals surface area contributed by atoms with Crippen LogP contribution in [-0.2, 0) is 11.3 Å². The molecule has 94 valence electrons. The van der Waals surface area contributed by atoms with Crippen LogP contribution in [0.2, 0.25) is 0 Å². The van der Waals surface area contributed by atoms with E-state index in [1.54, 1.807) is 0 Å². The quantitative estimate of drug-likeness (QED) is 0.860. The molecule has 4 heteroatoms. The molecule has 1 saturated heterocycles. The van der Waals surface area contributed by atoms with Crippen LogP contribution in [0.25, 0.3) is 0 Å². The van der Waals surface area contributed by atoms with Crippen LogP contribution in [-0.4, -0.2) is 30.8 Å². The van der Waals surface area contributed by atoms with E-state index < -0.39 is 0 Å². The topological polar surface area (TPSA) is 51.4 Å². The fourth-order valence-electron chi connectivity index (χ4n) is 2.21. The molecule has 0 radical (unpaired) electrons. The fourth-order valence-corrected chi connectivity index (χ4v) is 2.21. The molecule has 0 aliphatic carbocycles. The Bertz CT molecular complexity index is 331. The maximum absolute atomic E-state index is 5.64. The van der Waals surface area contributed by atoms with E-state index in [9.17, 15) is 0 Å². The summed E-state index contributed by atoms with van der Waals surface area (Å²) in [6.07, 6.45) is 4.48. The Balaban J connectivity index is 1.91. The van der Waals surface area contributed by atoms with Crippen LogP contribution in [0.5, 0.6) is 0 Å². The number of nitrogens with zero attached hydrogens (tertiary/aromatic N) is 2. The van der Waals surface area contributed by atoms with Crippen molar-refractivity contribution < 1.29 is 4.74 Å². The molecular formula is C13H21N3O. The zero-order chi connectivity index (χ0) is 12.1. The maximum atomic E-state index is 5.64. The van der Waals surface area contributed by atoms with E-state index in [4.69, 9.17) is 10.5 Å². The van der Waals surface area contributed by atoms with Gasteiger partial charge in [-0.05, 0) is 31.4 Å². The number of rotatable bonds is 4. The molecule has 4 nitrogen and oxygen atoms in total. The highest BCUT2D eigenvalue weighted by Crippen LogP contribution is 2.19. The Morgan fingerprint density at radius 1 is 1.41 bits per heavy atom. The van der Waals surface area contributed by atoms with Crippen LogP contribution < -0.4 is 10.6 Å². The third-order valence-corrected chi connectivity index (χ3v) is 3.21. The number of ether oxygens (including phenoxy) is 1. The summed E-state index contributed by atoms with van der Waals surface area (Å²) in [5, 5.41) is 0. The molecule has 0 spiro atoms. The molecule has 1 aromatic rings. The van der Waals surface area contributed by atoms with Gasteiger partial charge in [-0.2, -0.15) is 0 Å². The predicted molar refractivity (Wildman–Crippen MR) is 69.0 cm³/mol. The van der Waals surface area contributed by atoms with Crippen molar-refractivity contribution in [1.29, 1.82) is 0 Å². The van der Waals surface area contributed by atoms with Gasteiger partial charge in [0.25, 0.3) is 0 Å². The molecule has 0 saturated carbocycles. The summed E-state index contributed by atoms with van der Waals surface area (Å²) in [6.45, 7) is 5.48. The van der Waals surface area contributed by atoms with Gasteiger partial charge >= 0.3 is 0 Å². The van der Waals surface area contributed by atoms with Gasteiger partial charge in [-0.1, -0.05) is 6.07 Å². The van der Waals surface area contributed by atoms with E-state index in [2.05, 4.69) is 28.9 Å². The average Bonchev–Trinajstić information content (AvgIpc) is 2.40. The summed E-state index contributed by atoms with van der Waals surface area (Å²) in [5.41, 5.74) is 6.64. The summed E-state index contributed by atoms with van der Waals surface area (Å²) >= 11 is 0. The van der Waals surface area contributed by atoms with E-state index in [0.29, 0.717) is 12.6 Å². The minimum atomic E-state index is 0.430. The largest absolute Gasteiger partial charge is 0.378 e. The first kappa shape index (κ1) is 12.3. The Morgan fingerprint density at radius 3 is 2.71 bits per heavy atom. The second-order valence-electron chi connectivity index (χ2n) is 4.37. The first-order chi connectivity index (χ1) is 8.33. The summed E-state index contributed by atoms with van der Waals surface area (Å²) in [4.78, 5) is 6.76. The zero-order valence-corrected chi connectivity index (χ0v) is 10.4. The molecule has 2 heterocycles. The lowest BCUT2D eigenvalue weighted by atomic mass is 10.1. The Hall–Kier alpha value is -1.13. The van der Waals surface area contributed by atoms with Gasteiger partial charge in [0.15, 0.2) is 0 Å². The zero-order valence-electron chi connectivity index (χ0n) is 10.4. The molecule has 17 heavy (non-hydrogen) atoms. The maximum Gasteiger partial charge on any atom is 0.128 e. The molecule has 1 fully saturated rings. The minimum absolute atomic E-state index is 0.430. The summed E-state index contributed by atoms with van der Waals surface area (Å²) in [7, 11) is 0. The molecule has 0 atom stereocenters. The van der Waals surface area contributed by atoms with Gasteiger partial charge in [0.2, 0.25) is 0 Å². The number of piperidine rings is 1. The van der Waals surface area contributed by atoms with Crippen molar-refractivity contribution in [2.75, 3.05) is 24.6 Å². The van der Waals surface area contributed by atoms with E-state index in [1.807, 2.05) is 6.20 Å². The van der Waals surface area contributed by atoms with Gasteiger partial charge in [0.1, 0.15) is 5.82 Å². The lowest BCUT2D eigenvalue weighted by Gasteiger charge is -2.32. The predicted octanol–water partition coefficient (Wildman–Crippen LogP) is 1.55. The second-order valence-corrected chi connectivity index (χ2v) is 4.37. The smallest absolute Gasteiger partial charge is 0.128 e. The van der Waals surface area contributed by atoms with E-state index in [1.165, 1.54) is 0 Å². The number of nitrogens with two attached hydrogens (primary N) is 1. The van der Waals surface area contributed by atoms with E-state index >= 15 is 0 Å². The standard InChI is InChI=1S/C13H21N3O/c1-2-17-12-5-7-16(8-6-12)13-4-3-11(9-14)10-15-13/h3-4,10,12H,2,5-9,14H2,1H3. The van der Waals surface area contributed by atoms with Gasteiger partial charge in [-0.15, -0.1) is 0 Å². The number of pyridine rings is 1. The normalized spacial score (nSPS) is 17.4. The van der Waals surface area contributed by atoms with Gasteiger partial charge in [0.05, 0.1) is 6.10 Å². The van der Waals surface area contributed by atoms with Crippen molar-refractivity contribution in [3.8, 4) is 0 Å². The van der Waals surface area contributed by atoms with E-state index in [0.717, 1.165) is 43.9 Å². The van der Waals surface area contributed by atoms with Crippen LogP contribution in [0.3, 0.4) is 0 Å². The average molecular weight is 235 g/mol.